The Morgan fingerprint density at radius 1 is 1.62 bits per heavy atom. The third kappa shape index (κ3) is 14.0. The van der Waals surface area contributed by atoms with Crippen LogP contribution in [0.3, 0.4) is 0 Å². The first-order valence-corrected chi connectivity index (χ1v) is 3.81. The van der Waals surface area contributed by atoms with E-state index in [0.717, 1.165) is 5.69 Å². The van der Waals surface area contributed by atoms with Gasteiger partial charge in [0.2, 0.25) is 0 Å². The predicted molar refractivity (Wildman–Crippen MR) is 51.3 cm³/mol. The standard InChI is InChI=1S/C6H5N.C4H5NO2.W.Y/c1-6-4-2-3-5-7-6;1-2-4(7)5-3-6;;/h2-4H,1H2;1-2H2,(H,5,6,7);;/q2*-2;;. The number of imide groups is 1. The van der Waals surface area contributed by atoms with E-state index < -0.39 is 5.91 Å². The van der Waals surface area contributed by atoms with Crippen molar-refractivity contribution in [1.29, 1.82) is 0 Å². The molecule has 0 fully saturated rings. The molecular weight excluding hydrogens is 453 g/mol. The normalized spacial score (nSPS) is 7.06. The number of nitrogens with one attached hydrogen (secondary N) is 1. The van der Waals surface area contributed by atoms with E-state index in [1.165, 1.54) is 6.41 Å². The molecule has 1 N–H and O–H groups in total. The van der Waals surface area contributed by atoms with Crippen molar-refractivity contribution in [2.75, 3.05) is 0 Å². The molecule has 0 saturated heterocycles. The number of hydrogen-bond donors (Lipinski definition) is 1. The Labute approximate surface area is 135 Å². The van der Waals surface area contributed by atoms with Gasteiger partial charge in [0.25, 0.3) is 0 Å². The Kier molecular flexibility index (Phi) is 19.9. The van der Waals surface area contributed by atoms with Crippen LogP contribution in [-0.2, 0) is 63.4 Å². The molecule has 85 valence electrons. The molecule has 1 heterocycles. The summed E-state index contributed by atoms with van der Waals surface area (Å²) in [7, 11) is 0. The topological polar surface area (TPSA) is 59.1 Å². The molecule has 0 aliphatic rings. The van der Waals surface area contributed by atoms with Gasteiger partial charge in [-0.2, -0.15) is 12.5 Å². The second kappa shape index (κ2) is 15.0. The van der Waals surface area contributed by atoms with Crippen LogP contribution >= 0.6 is 0 Å². The second-order valence-corrected chi connectivity index (χ2v) is 2.16. The first-order valence-electron chi connectivity index (χ1n) is 3.81. The summed E-state index contributed by atoms with van der Waals surface area (Å²) < 4.78 is 0. The molecule has 1 aromatic heterocycles. The summed E-state index contributed by atoms with van der Waals surface area (Å²) in [6.07, 6.45) is 3.96. The van der Waals surface area contributed by atoms with E-state index in [1.807, 2.05) is 12.1 Å². The van der Waals surface area contributed by atoms with Gasteiger partial charge in [0.05, 0.1) is 6.41 Å². The molecule has 2 amide bonds. The molecule has 0 aromatic carbocycles. The smallest absolute Gasteiger partial charge is 0.0713 e. The Balaban J connectivity index is -0.000000188. The van der Waals surface area contributed by atoms with Crippen LogP contribution in [0.5, 0.6) is 0 Å². The second-order valence-electron chi connectivity index (χ2n) is 2.16. The zero-order valence-electron chi connectivity index (χ0n) is 8.60. The van der Waals surface area contributed by atoms with Gasteiger partial charge in [-0.15, -0.1) is 0 Å². The molecule has 4 nitrogen and oxygen atoms in total. The molecule has 1 rings (SSSR count). The number of amides is 2. The number of carbonyl (C=O) groups is 1. The minimum Gasteiger partial charge on any atom is -0.464 e. The average molecular weight is 463 g/mol. The molecule has 6 heteroatoms. The first-order chi connectivity index (χ1) is 6.70. The summed E-state index contributed by atoms with van der Waals surface area (Å²) in [6.45, 7) is 6.79. The first kappa shape index (κ1) is 21.3. The average Bonchev–Trinajstić information content (AvgIpc) is 2.20. The molecular formula is C10H10N2O2WY-4. The van der Waals surface area contributed by atoms with Crippen LogP contribution in [0.4, 0.5) is 0 Å². The maximum Gasteiger partial charge on any atom is 0.0713 e. The van der Waals surface area contributed by atoms with Crippen LogP contribution in [0.25, 0.3) is 0 Å². The van der Waals surface area contributed by atoms with E-state index >= 15 is 0 Å². The molecule has 0 spiro atoms. The van der Waals surface area contributed by atoms with Gasteiger partial charge < -0.3 is 26.8 Å². The molecule has 0 unspecified atom stereocenters. The third-order valence-electron chi connectivity index (χ3n) is 1.09. The van der Waals surface area contributed by atoms with Crippen molar-refractivity contribution in [3.05, 3.63) is 43.9 Å². The summed E-state index contributed by atoms with van der Waals surface area (Å²) in [6, 6.07) is 5.43. The SMILES string of the molecule is [CH2-]CC(=O)N[C-]=O.[CH2-]c1ccc[c-]n1.[W].[Y]. The number of pyridine rings is 1. The van der Waals surface area contributed by atoms with Gasteiger partial charge in [0, 0.05) is 59.7 Å². The fourth-order valence-corrected chi connectivity index (χ4v) is 0.479. The third-order valence-corrected chi connectivity index (χ3v) is 1.09. The number of rotatable bonds is 2. The quantitative estimate of drug-likeness (QED) is 0.513. The van der Waals surface area contributed by atoms with Crippen molar-refractivity contribution in [3.63, 3.8) is 0 Å². The fraction of sp³-hybridized carbons (Fsp3) is 0.100. The van der Waals surface area contributed by atoms with Crippen molar-refractivity contribution in [3.8, 4) is 0 Å². The Bertz CT molecular complexity index is 283. The van der Waals surface area contributed by atoms with Gasteiger partial charge in [0.1, 0.15) is 0 Å². The van der Waals surface area contributed by atoms with Crippen LogP contribution in [-0.4, -0.2) is 17.3 Å². The summed E-state index contributed by atoms with van der Waals surface area (Å²) in [5.74, 6) is -0.407. The molecule has 1 radical (unpaired) electrons. The van der Waals surface area contributed by atoms with Crippen LogP contribution in [0.15, 0.2) is 18.2 Å². The maximum absolute atomic E-state index is 9.98. The van der Waals surface area contributed by atoms with Gasteiger partial charge in [-0.25, -0.2) is 11.8 Å². The molecule has 0 aliphatic heterocycles. The van der Waals surface area contributed by atoms with E-state index in [2.05, 4.69) is 25.0 Å². The molecule has 0 aliphatic carbocycles. The van der Waals surface area contributed by atoms with Gasteiger partial charge in [0.15, 0.2) is 0 Å². The predicted octanol–water partition coefficient (Wildman–Crippen LogP) is 0.453. The van der Waals surface area contributed by atoms with Crippen LogP contribution < -0.4 is 5.32 Å². The van der Waals surface area contributed by atoms with Gasteiger partial charge in [-0.1, -0.05) is 6.20 Å². The molecule has 0 bridgehead atoms. The Morgan fingerprint density at radius 3 is 2.44 bits per heavy atom. The van der Waals surface area contributed by atoms with Crippen molar-refractivity contribution < 1.29 is 63.4 Å². The molecule has 0 atom stereocenters. The number of aromatic nitrogens is 1. The van der Waals surface area contributed by atoms with E-state index in [-0.39, 0.29) is 60.2 Å². The van der Waals surface area contributed by atoms with Crippen molar-refractivity contribution in [2.24, 2.45) is 0 Å². The van der Waals surface area contributed by atoms with Crippen LogP contribution in [0, 0.1) is 20.0 Å². The Morgan fingerprint density at radius 2 is 2.25 bits per heavy atom. The summed E-state index contributed by atoms with van der Waals surface area (Å²) in [5.41, 5.74) is 0.766. The molecule has 16 heavy (non-hydrogen) atoms. The summed E-state index contributed by atoms with van der Waals surface area (Å²) >= 11 is 0. The molecule has 1 aromatic rings. The van der Waals surface area contributed by atoms with Gasteiger partial charge >= 0.3 is 0 Å². The van der Waals surface area contributed by atoms with E-state index in [0.29, 0.717) is 0 Å². The van der Waals surface area contributed by atoms with Gasteiger partial charge in [-0.05, 0) is 0 Å². The van der Waals surface area contributed by atoms with E-state index in [9.17, 15) is 9.59 Å². The van der Waals surface area contributed by atoms with Crippen molar-refractivity contribution in [2.45, 2.75) is 6.42 Å². The fourth-order valence-electron chi connectivity index (χ4n) is 0.479. The zero-order valence-corrected chi connectivity index (χ0v) is 14.4. The minimum absolute atomic E-state index is 0. The van der Waals surface area contributed by atoms with Crippen LogP contribution in [0.1, 0.15) is 12.1 Å². The molecule has 0 saturated carbocycles. The minimum atomic E-state index is -0.407. The monoisotopic (exact) mass is 463 g/mol. The van der Waals surface area contributed by atoms with Gasteiger partial charge in [-0.3, -0.25) is 13.0 Å². The number of nitrogens with zero attached hydrogens (tertiary/aromatic N) is 1. The van der Waals surface area contributed by atoms with E-state index in [4.69, 9.17) is 0 Å². The van der Waals surface area contributed by atoms with E-state index in [1.54, 1.807) is 11.4 Å². The van der Waals surface area contributed by atoms with Crippen LogP contribution in [0.2, 0.25) is 0 Å². The number of carbonyl (C=O) groups excluding carboxylic acids is 2. The largest absolute Gasteiger partial charge is 0.464 e. The van der Waals surface area contributed by atoms with Crippen molar-refractivity contribution >= 4 is 12.3 Å². The summed E-state index contributed by atoms with van der Waals surface area (Å²) in [5, 5.41) is 1.79. The van der Waals surface area contributed by atoms with Crippen molar-refractivity contribution in [1.82, 2.24) is 10.3 Å². The summed E-state index contributed by atoms with van der Waals surface area (Å²) in [4.78, 5) is 23.0. The maximum atomic E-state index is 9.98. The number of hydrogen-bond acceptors (Lipinski definition) is 3. The Hall–Kier alpha value is -0.0478. The zero-order chi connectivity index (χ0) is 10.8.